The summed E-state index contributed by atoms with van der Waals surface area (Å²) in [5, 5.41) is 10.9. The Bertz CT molecular complexity index is 416. The van der Waals surface area contributed by atoms with Crippen LogP contribution in [-0.2, 0) is 4.74 Å². The summed E-state index contributed by atoms with van der Waals surface area (Å²) in [4.78, 5) is 10.8. The number of ether oxygens (including phenoxy) is 1. The number of benzene rings is 1. The number of carboxylic acid groups (broad SMARTS) is 1. The Morgan fingerprint density at radius 1 is 1.41 bits per heavy atom. The van der Waals surface area contributed by atoms with Gasteiger partial charge < -0.3 is 21.0 Å². The molecule has 1 aromatic rings. The summed E-state index contributed by atoms with van der Waals surface area (Å²) in [7, 11) is 0. The highest BCUT2D eigenvalue weighted by Crippen LogP contribution is 2.18. The molecule has 6 nitrogen and oxygen atoms in total. The molecule has 0 unspecified atom stereocenters. The van der Waals surface area contributed by atoms with E-state index in [9.17, 15) is 4.79 Å². The normalized spacial score (nSPS) is 16.7. The fraction of sp³-hybridized carbons (Fsp3) is 0.364. The zero-order valence-corrected chi connectivity index (χ0v) is 9.35. The molecule has 6 heteroatoms. The van der Waals surface area contributed by atoms with Crippen molar-refractivity contribution in [3.05, 3.63) is 23.8 Å². The van der Waals surface area contributed by atoms with Crippen molar-refractivity contribution in [1.82, 2.24) is 5.01 Å². The van der Waals surface area contributed by atoms with Crippen LogP contribution in [0.4, 0.5) is 11.4 Å². The van der Waals surface area contributed by atoms with E-state index in [0.29, 0.717) is 13.2 Å². The van der Waals surface area contributed by atoms with Crippen LogP contribution in [0.1, 0.15) is 10.4 Å². The highest BCUT2D eigenvalue weighted by molar-refractivity contribution is 5.94. The van der Waals surface area contributed by atoms with Gasteiger partial charge in [-0.15, -0.1) is 0 Å². The molecule has 4 N–H and O–H groups in total. The molecule has 0 atom stereocenters. The first-order valence-corrected chi connectivity index (χ1v) is 5.39. The Labute approximate surface area is 98.9 Å². The van der Waals surface area contributed by atoms with Crippen LogP contribution in [0.15, 0.2) is 18.2 Å². The number of nitrogens with zero attached hydrogens (tertiary/aromatic N) is 1. The molecule has 1 heterocycles. The van der Waals surface area contributed by atoms with Crippen LogP contribution >= 0.6 is 0 Å². The first-order valence-electron chi connectivity index (χ1n) is 5.39. The topological polar surface area (TPSA) is 87.8 Å². The second-order valence-electron chi connectivity index (χ2n) is 3.82. The summed E-state index contributed by atoms with van der Waals surface area (Å²) < 4.78 is 5.23. The molecule has 1 saturated heterocycles. The third-order valence-electron chi connectivity index (χ3n) is 2.58. The number of morpholine rings is 1. The molecule has 2 rings (SSSR count). The standard InChI is InChI=1S/C11H15N3O3/c12-10-7-8(1-2-9(10)11(15)16)13-14-3-5-17-6-4-14/h1-2,7,13H,3-6,12H2,(H,15,16). The number of nitrogens with two attached hydrogens (primary N) is 1. The molecule has 1 aromatic carbocycles. The molecule has 92 valence electrons. The summed E-state index contributed by atoms with van der Waals surface area (Å²) in [6.45, 7) is 2.96. The summed E-state index contributed by atoms with van der Waals surface area (Å²) in [6.07, 6.45) is 0. The largest absolute Gasteiger partial charge is 0.478 e. The van der Waals surface area contributed by atoms with E-state index in [1.165, 1.54) is 6.07 Å². The number of anilines is 2. The molecular weight excluding hydrogens is 222 g/mol. The fourth-order valence-electron chi connectivity index (χ4n) is 1.68. The minimum Gasteiger partial charge on any atom is -0.478 e. The number of nitrogen functional groups attached to an aromatic ring is 1. The molecule has 0 saturated carbocycles. The first-order chi connectivity index (χ1) is 8.16. The van der Waals surface area contributed by atoms with E-state index in [1.807, 2.05) is 5.01 Å². The second kappa shape index (κ2) is 5.03. The van der Waals surface area contributed by atoms with Gasteiger partial charge in [0.1, 0.15) is 0 Å². The number of hydrogen-bond donors (Lipinski definition) is 3. The first kappa shape index (κ1) is 11.7. The average molecular weight is 237 g/mol. The van der Waals surface area contributed by atoms with Gasteiger partial charge in [-0.25, -0.2) is 9.80 Å². The van der Waals surface area contributed by atoms with Crippen LogP contribution in [0.5, 0.6) is 0 Å². The molecule has 1 aliphatic rings. The van der Waals surface area contributed by atoms with Gasteiger partial charge in [-0.1, -0.05) is 0 Å². The molecule has 0 aliphatic carbocycles. The van der Waals surface area contributed by atoms with E-state index >= 15 is 0 Å². The van der Waals surface area contributed by atoms with Crippen molar-refractivity contribution in [2.45, 2.75) is 0 Å². The van der Waals surface area contributed by atoms with Gasteiger partial charge in [-0.2, -0.15) is 0 Å². The molecule has 0 bridgehead atoms. The smallest absolute Gasteiger partial charge is 0.337 e. The van der Waals surface area contributed by atoms with Crippen molar-refractivity contribution in [2.75, 3.05) is 37.5 Å². The summed E-state index contributed by atoms with van der Waals surface area (Å²) in [5.74, 6) is -1.01. The molecule has 0 spiro atoms. The van der Waals surface area contributed by atoms with Crippen molar-refractivity contribution in [1.29, 1.82) is 0 Å². The lowest BCUT2D eigenvalue weighted by Gasteiger charge is -2.28. The Morgan fingerprint density at radius 3 is 2.71 bits per heavy atom. The number of carbonyl (C=O) groups is 1. The molecule has 17 heavy (non-hydrogen) atoms. The molecule has 0 amide bonds. The Balaban J connectivity index is 2.06. The minimum atomic E-state index is -1.01. The maximum atomic E-state index is 10.8. The van der Waals surface area contributed by atoms with E-state index in [4.69, 9.17) is 15.6 Å². The predicted octanol–water partition coefficient (Wildman–Crippen LogP) is 0.626. The van der Waals surface area contributed by atoms with Crippen molar-refractivity contribution < 1.29 is 14.6 Å². The van der Waals surface area contributed by atoms with Crippen LogP contribution in [-0.4, -0.2) is 42.4 Å². The van der Waals surface area contributed by atoms with Crippen LogP contribution in [0.25, 0.3) is 0 Å². The maximum absolute atomic E-state index is 10.8. The average Bonchev–Trinajstić information content (AvgIpc) is 2.30. The minimum absolute atomic E-state index is 0.123. The maximum Gasteiger partial charge on any atom is 0.337 e. The third-order valence-corrected chi connectivity index (χ3v) is 2.58. The Hall–Kier alpha value is -1.79. The SMILES string of the molecule is Nc1cc(NN2CCOCC2)ccc1C(=O)O. The third kappa shape index (κ3) is 2.86. The monoisotopic (exact) mass is 237 g/mol. The molecule has 0 radical (unpaired) electrons. The van der Waals surface area contributed by atoms with Gasteiger partial charge in [0.05, 0.1) is 24.5 Å². The highest BCUT2D eigenvalue weighted by Gasteiger charge is 2.12. The van der Waals surface area contributed by atoms with Crippen molar-refractivity contribution in [2.24, 2.45) is 0 Å². The van der Waals surface area contributed by atoms with Gasteiger partial charge in [0.25, 0.3) is 0 Å². The van der Waals surface area contributed by atoms with Crippen LogP contribution in [0.3, 0.4) is 0 Å². The van der Waals surface area contributed by atoms with Gasteiger partial charge in [0.15, 0.2) is 0 Å². The van der Waals surface area contributed by atoms with E-state index in [1.54, 1.807) is 12.1 Å². The van der Waals surface area contributed by atoms with Gasteiger partial charge in [-0.05, 0) is 18.2 Å². The lowest BCUT2D eigenvalue weighted by Crippen LogP contribution is -2.40. The molecule has 0 aromatic heterocycles. The number of nitrogens with one attached hydrogen (secondary N) is 1. The van der Waals surface area contributed by atoms with Crippen molar-refractivity contribution in [3.63, 3.8) is 0 Å². The lowest BCUT2D eigenvalue weighted by molar-refractivity contribution is 0.0497. The molecule has 1 aliphatic heterocycles. The summed E-state index contributed by atoms with van der Waals surface area (Å²) in [5.41, 5.74) is 10.0. The number of hydrogen-bond acceptors (Lipinski definition) is 5. The van der Waals surface area contributed by atoms with E-state index < -0.39 is 5.97 Å². The number of aromatic carboxylic acids is 1. The Kier molecular flexibility index (Phi) is 3.46. The van der Waals surface area contributed by atoms with Crippen LogP contribution in [0.2, 0.25) is 0 Å². The second-order valence-corrected chi connectivity index (χ2v) is 3.82. The lowest BCUT2D eigenvalue weighted by atomic mass is 10.1. The van der Waals surface area contributed by atoms with Gasteiger partial charge in [0, 0.05) is 18.8 Å². The van der Waals surface area contributed by atoms with Crippen LogP contribution in [0, 0.1) is 0 Å². The quantitative estimate of drug-likeness (QED) is 0.668. The van der Waals surface area contributed by atoms with E-state index in [2.05, 4.69) is 5.43 Å². The van der Waals surface area contributed by atoms with Crippen molar-refractivity contribution >= 4 is 17.3 Å². The van der Waals surface area contributed by atoms with Crippen molar-refractivity contribution in [3.8, 4) is 0 Å². The van der Waals surface area contributed by atoms with Gasteiger partial charge in [-0.3, -0.25) is 0 Å². The van der Waals surface area contributed by atoms with E-state index in [0.717, 1.165) is 18.8 Å². The van der Waals surface area contributed by atoms with Gasteiger partial charge in [0.2, 0.25) is 0 Å². The molecular formula is C11H15N3O3. The number of hydrazine groups is 1. The zero-order valence-electron chi connectivity index (χ0n) is 9.35. The van der Waals surface area contributed by atoms with Crippen LogP contribution < -0.4 is 11.2 Å². The summed E-state index contributed by atoms with van der Waals surface area (Å²) in [6, 6.07) is 4.83. The summed E-state index contributed by atoms with van der Waals surface area (Å²) >= 11 is 0. The molecule has 1 fully saturated rings. The predicted molar refractivity (Wildman–Crippen MR) is 63.8 cm³/mol. The number of carboxylic acids is 1. The van der Waals surface area contributed by atoms with E-state index in [-0.39, 0.29) is 11.3 Å². The highest BCUT2D eigenvalue weighted by atomic mass is 16.5. The fourth-order valence-corrected chi connectivity index (χ4v) is 1.68. The zero-order chi connectivity index (χ0) is 12.3. The van der Waals surface area contributed by atoms with Gasteiger partial charge >= 0.3 is 5.97 Å². The number of rotatable bonds is 3. The Morgan fingerprint density at radius 2 is 2.12 bits per heavy atom.